The van der Waals surface area contributed by atoms with Gasteiger partial charge in [-0.25, -0.2) is 0 Å². The van der Waals surface area contributed by atoms with Crippen LogP contribution < -0.4 is 5.32 Å². The lowest BCUT2D eigenvalue weighted by molar-refractivity contribution is 0.0914. The number of nitrogens with zero attached hydrogens (tertiary/aromatic N) is 1. The first kappa shape index (κ1) is 13.4. The highest BCUT2D eigenvalue weighted by molar-refractivity contribution is 5.96. The lowest BCUT2D eigenvalue weighted by atomic mass is 9.98. The molecule has 4 nitrogen and oxygen atoms in total. The molecule has 1 aromatic rings. The minimum Gasteiger partial charge on any atom is -0.508 e. The van der Waals surface area contributed by atoms with Crippen LogP contribution in [0.25, 0.3) is 0 Å². The van der Waals surface area contributed by atoms with Crippen molar-refractivity contribution in [3.8, 4) is 5.75 Å². The molecule has 1 aromatic carbocycles. The van der Waals surface area contributed by atoms with Crippen molar-refractivity contribution in [1.29, 1.82) is 0 Å². The fraction of sp³-hybridized carbons (Fsp3) is 0.562. The molecule has 0 saturated carbocycles. The van der Waals surface area contributed by atoms with E-state index in [1.807, 2.05) is 0 Å². The second-order valence-electron chi connectivity index (χ2n) is 5.92. The summed E-state index contributed by atoms with van der Waals surface area (Å²) in [5.41, 5.74) is 1.24. The van der Waals surface area contributed by atoms with Gasteiger partial charge in [-0.3, -0.25) is 9.69 Å². The number of carbonyl (C=O) groups excluding carboxylic acids is 1. The van der Waals surface area contributed by atoms with Crippen molar-refractivity contribution in [2.45, 2.75) is 44.7 Å². The van der Waals surface area contributed by atoms with Crippen LogP contribution in [0.2, 0.25) is 0 Å². The first-order valence-corrected chi connectivity index (χ1v) is 7.50. The van der Waals surface area contributed by atoms with Gasteiger partial charge in [0.15, 0.2) is 0 Å². The summed E-state index contributed by atoms with van der Waals surface area (Å²) in [6, 6.07) is 5.87. The molecule has 2 saturated heterocycles. The van der Waals surface area contributed by atoms with Gasteiger partial charge >= 0.3 is 0 Å². The van der Waals surface area contributed by atoms with Crippen molar-refractivity contribution in [1.82, 2.24) is 10.2 Å². The van der Waals surface area contributed by atoms with Crippen molar-refractivity contribution in [2.75, 3.05) is 13.1 Å². The number of piperidine rings is 1. The molecule has 0 spiro atoms. The molecule has 2 aliphatic rings. The Kier molecular flexibility index (Phi) is 3.66. The SMILES string of the molecule is Cc1c(O)cccc1C(=O)NC1CCN2CCCCC12. The largest absolute Gasteiger partial charge is 0.508 e. The average Bonchev–Trinajstić information content (AvgIpc) is 2.85. The molecule has 2 N–H and O–H groups in total. The summed E-state index contributed by atoms with van der Waals surface area (Å²) in [6.45, 7) is 4.04. The highest BCUT2D eigenvalue weighted by Crippen LogP contribution is 2.28. The van der Waals surface area contributed by atoms with Gasteiger partial charge < -0.3 is 10.4 Å². The smallest absolute Gasteiger partial charge is 0.251 e. The minimum atomic E-state index is -0.0594. The molecule has 2 heterocycles. The number of nitrogens with one attached hydrogen (secondary N) is 1. The summed E-state index contributed by atoms with van der Waals surface area (Å²) >= 11 is 0. The van der Waals surface area contributed by atoms with Gasteiger partial charge in [0.1, 0.15) is 5.75 Å². The molecule has 20 heavy (non-hydrogen) atoms. The topological polar surface area (TPSA) is 52.6 Å². The Morgan fingerprint density at radius 1 is 1.30 bits per heavy atom. The van der Waals surface area contributed by atoms with E-state index in [1.54, 1.807) is 25.1 Å². The molecule has 0 aliphatic carbocycles. The van der Waals surface area contributed by atoms with Crippen molar-refractivity contribution in [3.05, 3.63) is 29.3 Å². The highest BCUT2D eigenvalue weighted by Gasteiger charge is 2.36. The molecule has 2 aliphatic heterocycles. The van der Waals surface area contributed by atoms with Gasteiger partial charge in [0, 0.05) is 29.8 Å². The Balaban J connectivity index is 1.71. The van der Waals surface area contributed by atoms with E-state index >= 15 is 0 Å². The van der Waals surface area contributed by atoms with Crippen LogP contribution in [0.4, 0.5) is 0 Å². The predicted molar refractivity (Wildman–Crippen MR) is 77.9 cm³/mol. The van der Waals surface area contributed by atoms with Gasteiger partial charge in [0.2, 0.25) is 0 Å². The predicted octanol–water partition coefficient (Wildman–Crippen LogP) is 2.06. The number of rotatable bonds is 2. The summed E-state index contributed by atoms with van der Waals surface area (Å²) in [5.74, 6) is 0.124. The number of amides is 1. The molecular weight excluding hydrogens is 252 g/mol. The number of phenols is 1. The van der Waals surface area contributed by atoms with Crippen LogP contribution in [0.1, 0.15) is 41.6 Å². The van der Waals surface area contributed by atoms with Gasteiger partial charge in [-0.15, -0.1) is 0 Å². The summed E-state index contributed by atoms with van der Waals surface area (Å²) in [6.07, 6.45) is 4.76. The molecule has 2 fully saturated rings. The van der Waals surface area contributed by atoms with Crippen molar-refractivity contribution >= 4 is 5.91 Å². The van der Waals surface area contributed by atoms with Gasteiger partial charge in [-0.2, -0.15) is 0 Å². The maximum Gasteiger partial charge on any atom is 0.251 e. The number of benzene rings is 1. The zero-order chi connectivity index (χ0) is 14.1. The van der Waals surface area contributed by atoms with E-state index in [0.717, 1.165) is 13.0 Å². The molecule has 0 bridgehead atoms. The average molecular weight is 274 g/mol. The zero-order valence-corrected chi connectivity index (χ0v) is 11.9. The highest BCUT2D eigenvalue weighted by atomic mass is 16.3. The van der Waals surface area contributed by atoms with Crippen molar-refractivity contribution in [3.63, 3.8) is 0 Å². The molecule has 4 heteroatoms. The molecule has 3 rings (SSSR count). The second-order valence-corrected chi connectivity index (χ2v) is 5.92. The molecular formula is C16H22N2O2. The Bertz CT molecular complexity index is 515. The third-order valence-electron chi connectivity index (χ3n) is 4.72. The Labute approximate surface area is 119 Å². The first-order chi connectivity index (χ1) is 9.66. The van der Waals surface area contributed by atoms with E-state index in [4.69, 9.17) is 0 Å². The van der Waals surface area contributed by atoms with Crippen LogP contribution in [-0.4, -0.2) is 41.1 Å². The van der Waals surface area contributed by atoms with E-state index in [1.165, 1.54) is 25.8 Å². The van der Waals surface area contributed by atoms with Gasteiger partial charge in [0.05, 0.1) is 0 Å². The molecule has 2 atom stereocenters. The fourth-order valence-corrected chi connectivity index (χ4v) is 3.53. The number of hydrogen-bond acceptors (Lipinski definition) is 3. The third kappa shape index (κ3) is 2.40. The summed E-state index contributed by atoms with van der Waals surface area (Å²) in [5, 5.41) is 12.9. The van der Waals surface area contributed by atoms with Crippen LogP contribution in [0, 0.1) is 6.92 Å². The quantitative estimate of drug-likeness (QED) is 0.868. The summed E-state index contributed by atoms with van der Waals surface area (Å²) in [7, 11) is 0. The van der Waals surface area contributed by atoms with Crippen LogP contribution in [0.5, 0.6) is 5.75 Å². The molecule has 0 aromatic heterocycles. The van der Waals surface area contributed by atoms with Gasteiger partial charge in [0.25, 0.3) is 5.91 Å². The van der Waals surface area contributed by atoms with Crippen LogP contribution in [-0.2, 0) is 0 Å². The van der Waals surface area contributed by atoms with Crippen LogP contribution in [0.3, 0.4) is 0 Å². The first-order valence-electron chi connectivity index (χ1n) is 7.50. The van der Waals surface area contributed by atoms with Crippen LogP contribution in [0.15, 0.2) is 18.2 Å². The number of hydrogen-bond donors (Lipinski definition) is 2. The zero-order valence-electron chi connectivity index (χ0n) is 11.9. The van der Waals surface area contributed by atoms with E-state index in [2.05, 4.69) is 10.2 Å². The standard InChI is InChI=1S/C16H22N2O2/c1-11-12(5-4-7-15(11)19)16(20)17-13-8-10-18-9-3-2-6-14(13)18/h4-5,7,13-14,19H,2-3,6,8-10H2,1H3,(H,17,20). The summed E-state index contributed by atoms with van der Waals surface area (Å²) < 4.78 is 0. The summed E-state index contributed by atoms with van der Waals surface area (Å²) in [4.78, 5) is 14.9. The van der Waals surface area contributed by atoms with E-state index < -0.39 is 0 Å². The second kappa shape index (κ2) is 5.44. The van der Waals surface area contributed by atoms with Gasteiger partial charge in [-0.05, 0) is 44.9 Å². The fourth-order valence-electron chi connectivity index (χ4n) is 3.53. The molecule has 1 amide bonds. The lowest BCUT2D eigenvalue weighted by Crippen LogP contribution is -2.46. The maximum absolute atomic E-state index is 12.4. The van der Waals surface area contributed by atoms with Gasteiger partial charge in [-0.1, -0.05) is 12.5 Å². The number of aromatic hydroxyl groups is 1. The van der Waals surface area contributed by atoms with E-state index in [-0.39, 0.29) is 17.7 Å². The minimum absolute atomic E-state index is 0.0594. The Morgan fingerprint density at radius 3 is 3.00 bits per heavy atom. The van der Waals surface area contributed by atoms with E-state index in [0.29, 0.717) is 17.2 Å². The number of fused-ring (bicyclic) bond motifs is 1. The monoisotopic (exact) mass is 274 g/mol. The molecule has 108 valence electrons. The molecule has 0 radical (unpaired) electrons. The van der Waals surface area contributed by atoms with Crippen molar-refractivity contribution < 1.29 is 9.90 Å². The lowest BCUT2D eigenvalue weighted by Gasteiger charge is -2.32. The maximum atomic E-state index is 12.4. The van der Waals surface area contributed by atoms with Crippen molar-refractivity contribution in [2.24, 2.45) is 0 Å². The third-order valence-corrected chi connectivity index (χ3v) is 4.72. The normalized spacial score (nSPS) is 26.2. The Hall–Kier alpha value is -1.55. The van der Waals surface area contributed by atoms with E-state index in [9.17, 15) is 9.90 Å². The Morgan fingerprint density at radius 2 is 2.15 bits per heavy atom. The number of phenolic OH excluding ortho intramolecular Hbond substituents is 1. The number of carbonyl (C=O) groups is 1. The molecule has 2 unspecified atom stereocenters. The van der Waals surface area contributed by atoms with Crippen LogP contribution >= 0.6 is 0 Å².